The molecular formula is C6H10NO4. The van der Waals surface area contributed by atoms with Crippen molar-refractivity contribution in [2.45, 2.75) is 25.7 Å². The van der Waals surface area contributed by atoms with Gasteiger partial charge in [-0.1, -0.05) is 6.42 Å². The molecule has 11 heavy (non-hydrogen) atoms. The maximum atomic E-state index is 9.68. The van der Waals surface area contributed by atoms with Crippen LogP contribution in [0.4, 0.5) is 0 Å². The van der Waals surface area contributed by atoms with Gasteiger partial charge in [-0.3, -0.25) is 4.79 Å². The van der Waals surface area contributed by atoms with Crippen LogP contribution in [0.25, 0.3) is 0 Å². The molecule has 5 nitrogen and oxygen atoms in total. The summed E-state index contributed by atoms with van der Waals surface area (Å²) in [6, 6.07) is 0. The minimum Gasteiger partial charge on any atom is -0.314 e. The van der Waals surface area contributed by atoms with Crippen molar-refractivity contribution < 1.29 is 14.7 Å². The number of unbranched alkanes of at least 4 members (excludes halogenated alkanes) is 3. The quantitative estimate of drug-likeness (QED) is 0.314. The summed E-state index contributed by atoms with van der Waals surface area (Å²) >= 11 is 0. The van der Waals surface area contributed by atoms with Crippen molar-refractivity contribution in [2.24, 2.45) is 0 Å². The molecule has 63 valence electrons. The van der Waals surface area contributed by atoms with Crippen molar-refractivity contribution in [3.8, 4) is 0 Å². The summed E-state index contributed by atoms with van der Waals surface area (Å²) in [4.78, 5) is 23.3. The Kier molecular flexibility index (Phi) is 6.27. The van der Waals surface area contributed by atoms with Crippen LogP contribution in [-0.4, -0.2) is 18.0 Å². The summed E-state index contributed by atoms with van der Waals surface area (Å²) in [6.07, 6.45) is 4.25. The topological polar surface area (TPSA) is 69.4 Å². The second kappa shape index (κ2) is 6.98. The van der Waals surface area contributed by atoms with E-state index in [0.717, 1.165) is 12.8 Å². The number of rotatable bonds is 7. The molecule has 0 aromatic carbocycles. The van der Waals surface area contributed by atoms with E-state index in [9.17, 15) is 14.9 Å². The van der Waals surface area contributed by atoms with Gasteiger partial charge in [0.2, 0.25) is 0 Å². The van der Waals surface area contributed by atoms with E-state index < -0.39 is 5.09 Å². The molecule has 5 heteroatoms. The van der Waals surface area contributed by atoms with Crippen LogP contribution in [0.1, 0.15) is 25.7 Å². The Morgan fingerprint density at radius 3 is 2.64 bits per heavy atom. The first-order valence-corrected chi connectivity index (χ1v) is 3.39. The van der Waals surface area contributed by atoms with Crippen LogP contribution >= 0.6 is 0 Å². The molecule has 0 aromatic rings. The van der Waals surface area contributed by atoms with Crippen LogP contribution in [-0.2, 0) is 9.63 Å². The zero-order chi connectivity index (χ0) is 8.53. The first-order valence-electron chi connectivity index (χ1n) is 3.39. The summed E-state index contributed by atoms with van der Waals surface area (Å²) in [5.41, 5.74) is 0. The van der Waals surface area contributed by atoms with Gasteiger partial charge >= 0.3 is 0 Å². The van der Waals surface area contributed by atoms with Crippen LogP contribution < -0.4 is 0 Å². The first kappa shape index (κ1) is 9.87. The van der Waals surface area contributed by atoms with E-state index in [0.29, 0.717) is 12.8 Å². The van der Waals surface area contributed by atoms with E-state index in [1.165, 1.54) is 0 Å². The van der Waals surface area contributed by atoms with Crippen LogP contribution in [0.3, 0.4) is 0 Å². The van der Waals surface area contributed by atoms with Crippen LogP contribution in [0.15, 0.2) is 0 Å². The predicted molar refractivity (Wildman–Crippen MR) is 37.1 cm³/mol. The normalized spacial score (nSPS) is 9.09. The monoisotopic (exact) mass is 160 g/mol. The second-order valence-electron chi connectivity index (χ2n) is 2.01. The van der Waals surface area contributed by atoms with Crippen molar-refractivity contribution in [3.63, 3.8) is 0 Å². The molecule has 0 saturated carbocycles. The molecule has 0 heterocycles. The van der Waals surface area contributed by atoms with Gasteiger partial charge in [0, 0.05) is 6.42 Å². The fraction of sp³-hybridized carbons (Fsp3) is 0.833. The highest BCUT2D eigenvalue weighted by atomic mass is 16.9. The highest BCUT2D eigenvalue weighted by molar-refractivity contribution is 5.50. The van der Waals surface area contributed by atoms with Gasteiger partial charge in [-0.15, -0.1) is 10.1 Å². The zero-order valence-corrected chi connectivity index (χ0v) is 6.12. The minimum absolute atomic E-state index is 0.117. The van der Waals surface area contributed by atoms with Crippen LogP contribution in [0.5, 0.6) is 0 Å². The molecule has 0 rings (SSSR count). The van der Waals surface area contributed by atoms with Crippen molar-refractivity contribution in [3.05, 3.63) is 10.1 Å². The first-order chi connectivity index (χ1) is 5.27. The molecule has 0 aliphatic rings. The lowest BCUT2D eigenvalue weighted by Crippen LogP contribution is -2.01. The second-order valence-corrected chi connectivity index (χ2v) is 2.01. The van der Waals surface area contributed by atoms with Gasteiger partial charge in [0.1, 0.15) is 0 Å². The SMILES string of the molecule is O=[C]CCCCCO[N+](=O)[O-]. The molecule has 1 radical (unpaired) electrons. The smallest absolute Gasteiger partial charge is 0.294 e. The Hall–Kier alpha value is -1.13. The Labute approximate surface area is 64.4 Å². The maximum Gasteiger partial charge on any atom is 0.294 e. The zero-order valence-electron chi connectivity index (χ0n) is 6.12. The standard InChI is InChI=1S/C6H10NO4/c8-5-3-1-2-4-6-11-7(9)10/h1-4,6H2. The van der Waals surface area contributed by atoms with Crippen molar-refractivity contribution in [1.29, 1.82) is 0 Å². The van der Waals surface area contributed by atoms with Gasteiger partial charge in [-0.05, 0) is 12.8 Å². The fourth-order valence-corrected chi connectivity index (χ4v) is 0.615. The molecule has 0 atom stereocenters. The molecule has 0 saturated heterocycles. The van der Waals surface area contributed by atoms with E-state index in [1.807, 2.05) is 0 Å². The maximum absolute atomic E-state index is 9.68. The van der Waals surface area contributed by atoms with E-state index in [-0.39, 0.29) is 6.61 Å². The third-order valence-electron chi connectivity index (χ3n) is 1.12. The van der Waals surface area contributed by atoms with Crippen molar-refractivity contribution >= 4 is 6.29 Å². The number of hydrogen-bond donors (Lipinski definition) is 0. The summed E-state index contributed by atoms with van der Waals surface area (Å²) in [7, 11) is 0. The average Bonchev–Trinajstić information content (AvgIpc) is 1.96. The van der Waals surface area contributed by atoms with Gasteiger partial charge in [0.15, 0.2) is 6.29 Å². The molecule has 0 fully saturated rings. The lowest BCUT2D eigenvalue weighted by atomic mass is 10.2. The molecule has 0 amide bonds. The molecule has 0 aliphatic heterocycles. The number of hydrogen-bond acceptors (Lipinski definition) is 4. The Balaban J connectivity index is 2.90. The number of nitrogens with zero attached hydrogens (tertiary/aromatic N) is 1. The fourth-order valence-electron chi connectivity index (χ4n) is 0.615. The van der Waals surface area contributed by atoms with Gasteiger partial charge in [-0.2, -0.15) is 0 Å². The Morgan fingerprint density at radius 1 is 1.36 bits per heavy atom. The average molecular weight is 160 g/mol. The summed E-state index contributed by atoms with van der Waals surface area (Å²) in [6.45, 7) is 0.117. The van der Waals surface area contributed by atoms with E-state index in [2.05, 4.69) is 4.84 Å². The third-order valence-corrected chi connectivity index (χ3v) is 1.12. The summed E-state index contributed by atoms with van der Waals surface area (Å²) in [5, 5.41) is 8.80. The predicted octanol–water partition coefficient (Wildman–Crippen LogP) is 0.865. The van der Waals surface area contributed by atoms with E-state index in [4.69, 9.17) is 0 Å². The lowest BCUT2D eigenvalue weighted by Gasteiger charge is -1.96. The Morgan fingerprint density at radius 2 is 2.09 bits per heavy atom. The molecule has 0 spiro atoms. The van der Waals surface area contributed by atoms with Crippen LogP contribution in [0, 0.1) is 10.1 Å². The van der Waals surface area contributed by atoms with Crippen molar-refractivity contribution in [1.82, 2.24) is 0 Å². The van der Waals surface area contributed by atoms with E-state index >= 15 is 0 Å². The lowest BCUT2D eigenvalue weighted by molar-refractivity contribution is -0.757. The van der Waals surface area contributed by atoms with Crippen molar-refractivity contribution in [2.75, 3.05) is 6.61 Å². The van der Waals surface area contributed by atoms with Crippen LogP contribution in [0.2, 0.25) is 0 Å². The highest BCUT2D eigenvalue weighted by Gasteiger charge is 1.93. The summed E-state index contributed by atoms with van der Waals surface area (Å²) < 4.78 is 0. The van der Waals surface area contributed by atoms with Gasteiger partial charge in [-0.25, -0.2) is 0 Å². The van der Waals surface area contributed by atoms with E-state index in [1.54, 1.807) is 6.29 Å². The highest BCUT2D eigenvalue weighted by Crippen LogP contribution is 1.97. The minimum atomic E-state index is -0.814. The molecule has 0 N–H and O–H groups in total. The molecular weight excluding hydrogens is 150 g/mol. The molecule has 0 bridgehead atoms. The van der Waals surface area contributed by atoms with Gasteiger partial charge in [0.05, 0.1) is 6.61 Å². The summed E-state index contributed by atoms with van der Waals surface area (Å²) in [5.74, 6) is 0. The third kappa shape index (κ3) is 8.87. The van der Waals surface area contributed by atoms with Gasteiger partial charge < -0.3 is 4.84 Å². The molecule has 0 unspecified atom stereocenters. The Bertz CT molecular complexity index is 126. The molecule has 0 aliphatic carbocycles. The number of carbonyl (C=O) groups excluding carboxylic acids is 1. The van der Waals surface area contributed by atoms with Gasteiger partial charge in [0.25, 0.3) is 5.09 Å². The molecule has 0 aromatic heterocycles. The largest absolute Gasteiger partial charge is 0.314 e.